The van der Waals surface area contributed by atoms with Crippen LogP contribution in [0.15, 0.2) is 85.5 Å². The van der Waals surface area contributed by atoms with Crippen molar-refractivity contribution >= 4 is 23.2 Å². The quantitative estimate of drug-likeness (QED) is 0.239. The number of phenolic OH excluding ortho intramolecular Hbond substituents is 1. The van der Waals surface area contributed by atoms with E-state index < -0.39 is 12.3 Å². The standard InChI is InChI=1S/C17H16F2N4.C17H17FN4O/c18-12-5-8-22(9-6-12)16-7-10-23-11-15(20-17(23)21-16)13-3-1-2-4-14(13)19;18-13-4-7-21(8-5-13)16-6-9-22-11-15(19-17(22)20-16)12-2-1-3-14(23)10-12/h1-4,7,10-12H,5-6,8-9H2;1-3,6,9-11,13,23H,4-5,7-8H2. The summed E-state index contributed by atoms with van der Waals surface area (Å²) >= 11 is 0. The smallest absolute Gasteiger partial charge is 0.236 e. The second-order valence-corrected chi connectivity index (χ2v) is 11.6. The van der Waals surface area contributed by atoms with E-state index in [0.717, 1.165) is 22.9 Å². The van der Waals surface area contributed by atoms with Crippen molar-refractivity contribution in [3.8, 4) is 28.3 Å². The molecule has 2 fully saturated rings. The summed E-state index contributed by atoms with van der Waals surface area (Å²) in [5.74, 6) is 2.64. The molecule has 2 aliphatic heterocycles. The van der Waals surface area contributed by atoms with Gasteiger partial charge in [0, 0.05) is 62.1 Å². The number of anilines is 2. The maximum atomic E-state index is 13.9. The van der Waals surface area contributed by atoms with Crippen molar-refractivity contribution in [1.29, 1.82) is 0 Å². The van der Waals surface area contributed by atoms with Gasteiger partial charge in [-0.05, 0) is 62.1 Å². The van der Waals surface area contributed by atoms with Crippen LogP contribution in [-0.4, -0.2) is 72.4 Å². The zero-order valence-corrected chi connectivity index (χ0v) is 25.1. The van der Waals surface area contributed by atoms with Gasteiger partial charge >= 0.3 is 0 Å². The molecule has 0 spiro atoms. The van der Waals surface area contributed by atoms with Crippen LogP contribution in [0.3, 0.4) is 0 Å². The summed E-state index contributed by atoms with van der Waals surface area (Å²) in [5, 5.41) is 9.60. The van der Waals surface area contributed by atoms with Gasteiger partial charge < -0.3 is 14.9 Å². The number of fused-ring (bicyclic) bond motifs is 2. The van der Waals surface area contributed by atoms with E-state index in [-0.39, 0.29) is 11.6 Å². The minimum absolute atomic E-state index is 0.210. The zero-order chi connectivity index (χ0) is 31.6. The number of phenols is 1. The molecule has 6 heterocycles. The lowest BCUT2D eigenvalue weighted by atomic mass is 10.1. The molecular formula is C34H33F3N8O. The second-order valence-electron chi connectivity index (χ2n) is 11.6. The summed E-state index contributed by atoms with van der Waals surface area (Å²) in [6.07, 6.45) is 8.17. The van der Waals surface area contributed by atoms with Crippen LogP contribution in [0, 0.1) is 5.82 Å². The highest BCUT2D eigenvalue weighted by Gasteiger charge is 2.21. The largest absolute Gasteiger partial charge is 0.508 e. The lowest BCUT2D eigenvalue weighted by Crippen LogP contribution is -2.34. The van der Waals surface area contributed by atoms with Crippen LogP contribution < -0.4 is 9.80 Å². The number of alkyl halides is 2. The predicted octanol–water partition coefficient (Wildman–Crippen LogP) is 6.51. The summed E-state index contributed by atoms with van der Waals surface area (Å²) in [4.78, 5) is 22.2. The molecule has 2 aromatic carbocycles. The number of aromatic nitrogens is 6. The molecule has 2 aliphatic rings. The Morgan fingerprint density at radius 2 is 1.17 bits per heavy atom. The minimum Gasteiger partial charge on any atom is -0.508 e. The molecule has 46 heavy (non-hydrogen) atoms. The monoisotopic (exact) mass is 626 g/mol. The van der Waals surface area contributed by atoms with Crippen molar-refractivity contribution in [2.24, 2.45) is 0 Å². The maximum Gasteiger partial charge on any atom is 0.236 e. The van der Waals surface area contributed by atoms with Crippen molar-refractivity contribution in [3.05, 3.63) is 91.3 Å². The summed E-state index contributed by atoms with van der Waals surface area (Å²) in [7, 11) is 0. The summed E-state index contributed by atoms with van der Waals surface area (Å²) in [5.41, 5.74) is 2.61. The molecule has 2 saturated heterocycles. The first-order valence-electron chi connectivity index (χ1n) is 15.4. The molecule has 0 aliphatic carbocycles. The lowest BCUT2D eigenvalue weighted by molar-refractivity contribution is 0.276. The average Bonchev–Trinajstić information content (AvgIpc) is 3.70. The van der Waals surface area contributed by atoms with Gasteiger partial charge in [-0.1, -0.05) is 24.3 Å². The Hall–Kier alpha value is -5.13. The van der Waals surface area contributed by atoms with Crippen LogP contribution in [0.4, 0.5) is 24.8 Å². The molecule has 9 nitrogen and oxygen atoms in total. The first kappa shape index (κ1) is 29.6. The predicted molar refractivity (Wildman–Crippen MR) is 171 cm³/mol. The highest BCUT2D eigenvalue weighted by atomic mass is 19.1. The van der Waals surface area contributed by atoms with Crippen molar-refractivity contribution in [2.75, 3.05) is 36.0 Å². The van der Waals surface area contributed by atoms with Crippen LogP contribution in [0.2, 0.25) is 0 Å². The van der Waals surface area contributed by atoms with Gasteiger partial charge in [-0.15, -0.1) is 0 Å². The third-order valence-corrected chi connectivity index (χ3v) is 8.41. The van der Waals surface area contributed by atoms with Gasteiger partial charge in [0.25, 0.3) is 0 Å². The van der Waals surface area contributed by atoms with Gasteiger partial charge in [0.2, 0.25) is 11.6 Å². The Kier molecular flexibility index (Phi) is 8.17. The molecule has 6 aromatic rings. The molecule has 0 radical (unpaired) electrons. The van der Waals surface area contributed by atoms with Crippen molar-refractivity contribution in [3.63, 3.8) is 0 Å². The summed E-state index contributed by atoms with van der Waals surface area (Å²) < 4.78 is 44.0. The van der Waals surface area contributed by atoms with Gasteiger partial charge in [-0.2, -0.15) is 9.97 Å². The number of aromatic hydroxyl groups is 1. The lowest BCUT2D eigenvalue weighted by Gasteiger charge is -2.29. The van der Waals surface area contributed by atoms with Gasteiger partial charge in [-0.25, -0.2) is 23.1 Å². The van der Waals surface area contributed by atoms with Gasteiger partial charge in [0.1, 0.15) is 35.5 Å². The number of imidazole rings is 2. The van der Waals surface area contributed by atoms with Gasteiger partial charge in [-0.3, -0.25) is 8.80 Å². The first-order chi connectivity index (χ1) is 22.4. The highest BCUT2D eigenvalue weighted by molar-refractivity contribution is 5.64. The Balaban J connectivity index is 0.000000147. The van der Waals surface area contributed by atoms with Crippen molar-refractivity contribution in [1.82, 2.24) is 28.7 Å². The fraction of sp³-hybridized carbons (Fsp3) is 0.294. The van der Waals surface area contributed by atoms with E-state index >= 15 is 0 Å². The molecule has 0 atom stereocenters. The molecule has 0 bridgehead atoms. The zero-order valence-electron chi connectivity index (χ0n) is 25.1. The number of rotatable bonds is 4. The number of hydrogen-bond acceptors (Lipinski definition) is 7. The number of piperidine rings is 2. The number of nitrogens with zero attached hydrogens (tertiary/aromatic N) is 8. The molecule has 0 unspecified atom stereocenters. The summed E-state index contributed by atoms with van der Waals surface area (Å²) in [6, 6.07) is 17.4. The van der Waals surface area contributed by atoms with Gasteiger partial charge in [0.05, 0.1) is 11.4 Å². The van der Waals surface area contributed by atoms with E-state index in [2.05, 4.69) is 29.7 Å². The van der Waals surface area contributed by atoms with E-state index in [4.69, 9.17) is 0 Å². The Bertz CT molecular complexity index is 1960. The fourth-order valence-corrected chi connectivity index (χ4v) is 5.84. The topological polar surface area (TPSA) is 87.1 Å². The third kappa shape index (κ3) is 6.33. The van der Waals surface area contributed by atoms with Gasteiger partial charge in [0.15, 0.2) is 0 Å². The van der Waals surface area contributed by atoms with E-state index in [1.54, 1.807) is 47.0 Å². The molecule has 12 heteroatoms. The second kappa shape index (κ2) is 12.7. The first-order valence-corrected chi connectivity index (χ1v) is 15.4. The normalized spacial score (nSPS) is 16.2. The molecule has 8 rings (SSSR count). The van der Waals surface area contributed by atoms with Crippen LogP contribution in [0.1, 0.15) is 25.7 Å². The van der Waals surface area contributed by atoms with Crippen LogP contribution in [0.5, 0.6) is 5.75 Å². The Labute approximate surface area is 263 Å². The number of halogens is 3. The molecule has 4 aromatic heterocycles. The van der Waals surface area contributed by atoms with Crippen LogP contribution >= 0.6 is 0 Å². The molecule has 236 valence electrons. The van der Waals surface area contributed by atoms with Crippen molar-refractivity contribution in [2.45, 2.75) is 38.0 Å². The summed E-state index contributed by atoms with van der Waals surface area (Å²) in [6.45, 7) is 2.69. The van der Waals surface area contributed by atoms with E-state index in [1.165, 1.54) is 6.07 Å². The van der Waals surface area contributed by atoms with Crippen LogP contribution in [0.25, 0.3) is 34.1 Å². The van der Waals surface area contributed by atoms with E-state index in [9.17, 15) is 18.3 Å². The molecule has 1 N–H and O–H groups in total. The number of benzene rings is 2. The Morgan fingerprint density at radius 1 is 0.630 bits per heavy atom. The fourth-order valence-electron chi connectivity index (χ4n) is 5.84. The maximum absolute atomic E-state index is 13.9. The van der Waals surface area contributed by atoms with Crippen molar-refractivity contribution < 1.29 is 18.3 Å². The van der Waals surface area contributed by atoms with Crippen LogP contribution in [-0.2, 0) is 0 Å². The minimum atomic E-state index is -0.714. The Morgan fingerprint density at radius 3 is 1.74 bits per heavy atom. The third-order valence-electron chi connectivity index (χ3n) is 8.41. The molecule has 0 saturated carbocycles. The number of hydrogen-bond donors (Lipinski definition) is 1. The average molecular weight is 627 g/mol. The van der Waals surface area contributed by atoms with E-state index in [1.807, 2.05) is 41.2 Å². The molecular weight excluding hydrogens is 593 g/mol. The SMILES string of the molecule is Fc1ccccc1-c1cn2ccc(N3CCC(F)CC3)nc2n1.Oc1cccc(-c2cn3ccc(N4CCC(F)CC4)nc3n2)c1. The highest BCUT2D eigenvalue weighted by Crippen LogP contribution is 2.26. The molecule has 0 amide bonds. The van der Waals surface area contributed by atoms with E-state index in [0.29, 0.717) is 74.7 Å².